The highest BCUT2D eigenvalue weighted by molar-refractivity contribution is 5.77. The van der Waals surface area contributed by atoms with Gasteiger partial charge in [0.1, 0.15) is 0 Å². The number of hydrogen-bond acceptors (Lipinski definition) is 2. The van der Waals surface area contributed by atoms with Crippen LogP contribution in [0.4, 0.5) is 0 Å². The van der Waals surface area contributed by atoms with E-state index in [1.54, 1.807) is 0 Å². The molecule has 1 fully saturated rings. The zero-order valence-corrected chi connectivity index (χ0v) is 9.21. The maximum atomic E-state index is 11.7. The van der Waals surface area contributed by atoms with Gasteiger partial charge in [-0.1, -0.05) is 13.8 Å². The first-order valence-electron chi connectivity index (χ1n) is 5.12. The third kappa shape index (κ3) is 2.73. The highest BCUT2D eigenvalue weighted by atomic mass is 16.2. The van der Waals surface area contributed by atoms with Crippen LogP contribution in [0.1, 0.15) is 33.6 Å². The molecule has 0 aromatic rings. The van der Waals surface area contributed by atoms with Gasteiger partial charge in [0.15, 0.2) is 0 Å². The van der Waals surface area contributed by atoms with E-state index in [4.69, 9.17) is 5.26 Å². The van der Waals surface area contributed by atoms with E-state index < -0.39 is 0 Å². The highest BCUT2D eigenvalue weighted by Crippen LogP contribution is 2.30. The van der Waals surface area contributed by atoms with Crippen molar-refractivity contribution in [1.29, 1.82) is 5.26 Å². The van der Waals surface area contributed by atoms with Gasteiger partial charge in [0, 0.05) is 19.5 Å². The zero-order chi connectivity index (χ0) is 10.8. The first-order chi connectivity index (χ1) is 6.44. The molecule has 0 saturated carbocycles. The van der Waals surface area contributed by atoms with Crippen LogP contribution in [0, 0.1) is 22.7 Å². The zero-order valence-electron chi connectivity index (χ0n) is 9.21. The summed E-state index contributed by atoms with van der Waals surface area (Å²) in [6.45, 7) is 7.49. The molecule has 1 unspecified atom stereocenters. The summed E-state index contributed by atoms with van der Waals surface area (Å²) >= 11 is 0. The Kier molecular flexibility index (Phi) is 3.15. The summed E-state index contributed by atoms with van der Waals surface area (Å²) in [6, 6.07) is 2.16. The monoisotopic (exact) mass is 194 g/mol. The molecule has 0 spiro atoms. The summed E-state index contributed by atoms with van der Waals surface area (Å²) < 4.78 is 0. The molecule has 1 aliphatic heterocycles. The Morgan fingerprint density at radius 2 is 2.29 bits per heavy atom. The third-order valence-corrected chi connectivity index (χ3v) is 2.76. The van der Waals surface area contributed by atoms with Gasteiger partial charge in [-0.15, -0.1) is 0 Å². The highest BCUT2D eigenvalue weighted by Gasteiger charge is 2.31. The van der Waals surface area contributed by atoms with E-state index in [9.17, 15) is 4.79 Å². The van der Waals surface area contributed by atoms with E-state index in [2.05, 4.69) is 19.9 Å². The maximum absolute atomic E-state index is 11.7. The molecular weight excluding hydrogens is 176 g/mol. The second-order valence-corrected chi connectivity index (χ2v) is 4.96. The molecule has 0 N–H and O–H groups in total. The van der Waals surface area contributed by atoms with Crippen molar-refractivity contribution < 1.29 is 4.79 Å². The smallest absolute Gasteiger partial charge is 0.223 e. The Hall–Kier alpha value is -1.04. The van der Waals surface area contributed by atoms with Gasteiger partial charge in [-0.05, 0) is 18.8 Å². The molecule has 1 heterocycles. The van der Waals surface area contributed by atoms with Crippen molar-refractivity contribution in [3.63, 3.8) is 0 Å². The Labute approximate surface area is 85.7 Å². The molecule has 14 heavy (non-hydrogen) atoms. The van der Waals surface area contributed by atoms with E-state index in [0.29, 0.717) is 13.0 Å². The van der Waals surface area contributed by atoms with Crippen molar-refractivity contribution in [2.45, 2.75) is 33.6 Å². The Bertz CT molecular complexity index is 265. The number of nitrogens with zero attached hydrogens (tertiary/aromatic N) is 2. The van der Waals surface area contributed by atoms with E-state index in [1.165, 1.54) is 0 Å². The van der Waals surface area contributed by atoms with E-state index >= 15 is 0 Å². The van der Waals surface area contributed by atoms with Crippen molar-refractivity contribution in [3.8, 4) is 6.07 Å². The minimum atomic E-state index is -0.0554. The molecule has 1 atom stereocenters. The molecule has 1 saturated heterocycles. The van der Waals surface area contributed by atoms with Crippen LogP contribution in [0.3, 0.4) is 0 Å². The lowest BCUT2D eigenvalue weighted by Gasteiger charge is -2.36. The quantitative estimate of drug-likeness (QED) is 0.672. The Morgan fingerprint density at radius 3 is 2.79 bits per heavy atom. The summed E-state index contributed by atoms with van der Waals surface area (Å²) in [6.07, 6.45) is 1.65. The molecule has 0 aromatic heterocycles. The maximum Gasteiger partial charge on any atom is 0.223 e. The fraction of sp³-hybridized carbons (Fsp3) is 0.818. The van der Waals surface area contributed by atoms with Crippen molar-refractivity contribution in [1.82, 2.24) is 4.90 Å². The minimum absolute atomic E-state index is 0.0554. The van der Waals surface area contributed by atoms with Crippen LogP contribution in [0.2, 0.25) is 0 Å². The number of rotatable bonds is 2. The predicted molar refractivity (Wildman–Crippen MR) is 54.4 cm³/mol. The molecule has 3 heteroatoms. The van der Waals surface area contributed by atoms with Gasteiger partial charge in [0.25, 0.3) is 0 Å². The lowest BCUT2D eigenvalue weighted by atomic mass is 9.82. The fourth-order valence-corrected chi connectivity index (χ4v) is 1.74. The van der Waals surface area contributed by atoms with Crippen LogP contribution < -0.4 is 0 Å². The van der Waals surface area contributed by atoms with Gasteiger partial charge in [0.05, 0.1) is 12.0 Å². The second kappa shape index (κ2) is 4.00. The summed E-state index contributed by atoms with van der Waals surface area (Å²) in [5.41, 5.74) is 0.142. The van der Waals surface area contributed by atoms with Gasteiger partial charge < -0.3 is 4.90 Å². The van der Waals surface area contributed by atoms with Crippen LogP contribution in [0.5, 0.6) is 0 Å². The Morgan fingerprint density at radius 1 is 1.64 bits per heavy atom. The number of amides is 1. The Balaban J connectivity index is 2.52. The molecule has 3 nitrogen and oxygen atoms in total. The molecular formula is C11H18N2O. The standard InChI is InChI=1S/C11H18N2O/c1-9(7-12)8-13-5-4-11(2,3)6-10(13)14/h9H,4-6,8H2,1-3H3. The van der Waals surface area contributed by atoms with E-state index in [-0.39, 0.29) is 17.2 Å². The molecule has 0 aromatic carbocycles. The normalized spacial score (nSPS) is 23.0. The number of hydrogen-bond donors (Lipinski definition) is 0. The molecule has 1 amide bonds. The fourth-order valence-electron chi connectivity index (χ4n) is 1.74. The summed E-state index contributed by atoms with van der Waals surface area (Å²) in [7, 11) is 0. The van der Waals surface area contributed by atoms with Gasteiger partial charge in [-0.3, -0.25) is 4.79 Å². The molecule has 0 bridgehead atoms. The van der Waals surface area contributed by atoms with Crippen LogP contribution in [-0.4, -0.2) is 23.9 Å². The molecule has 78 valence electrons. The van der Waals surface area contributed by atoms with Crippen molar-refractivity contribution in [2.75, 3.05) is 13.1 Å². The molecule has 1 rings (SSSR count). The van der Waals surface area contributed by atoms with E-state index in [0.717, 1.165) is 13.0 Å². The summed E-state index contributed by atoms with van der Waals surface area (Å²) in [4.78, 5) is 13.5. The number of carbonyl (C=O) groups is 1. The molecule has 1 aliphatic rings. The SMILES string of the molecule is CC(C#N)CN1CCC(C)(C)CC1=O. The first kappa shape index (κ1) is 11.0. The average molecular weight is 194 g/mol. The van der Waals surface area contributed by atoms with Gasteiger partial charge >= 0.3 is 0 Å². The number of nitriles is 1. The molecule has 0 radical (unpaired) electrons. The van der Waals surface area contributed by atoms with Crippen molar-refractivity contribution in [2.24, 2.45) is 11.3 Å². The van der Waals surface area contributed by atoms with Crippen LogP contribution >= 0.6 is 0 Å². The second-order valence-electron chi connectivity index (χ2n) is 4.96. The largest absolute Gasteiger partial charge is 0.341 e. The van der Waals surface area contributed by atoms with Crippen LogP contribution in [0.15, 0.2) is 0 Å². The topological polar surface area (TPSA) is 44.1 Å². The number of piperidine rings is 1. The predicted octanol–water partition coefficient (Wildman–Crippen LogP) is 1.79. The number of likely N-dealkylation sites (tertiary alicyclic amines) is 1. The van der Waals surface area contributed by atoms with Gasteiger partial charge in [0.2, 0.25) is 5.91 Å². The lowest BCUT2D eigenvalue weighted by molar-refractivity contribution is -0.137. The minimum Gasteiger partial charge on any atom is -0.341 e. The lowest BCUT2D eigenvalue weighted by Crippen LogP contribution is -2.43. The van der Waals surface area contributed by atoms with Crippen LogP contribution in [-0.2, 0) is 4.79 Å². The molecule has 0 aliphatic carbocycles. The first-order valence-corrected chi connectivity index (χ1v) is 5.12. The number of carbonyl (C=O) groups excluding carboxylic acids is 1. The van der Waals surface area contributed by atoms with Gasteiger partial charge in [-0.25, -0.2) is 0 Å². The summed E-state index contributed by atoms with van der Waals surface area (Å²) in [5.74, 6) is 0.142. The van der Waals surface area contributed by atoms with Crippen LogP contribution in [0.25, 0.3) is 0 Å². The summed E-state index contributed by atoms with van der Waals surface area (Å²) in [5, 5.41) is 8.67. The van der Waals surface area contributed by atoms with Crippen molar-refractivity contribution in [3.05, 3.63) is 0 Å². The van der Waals surface area contributed by atoms with Crippen molar-refractivity contribution >= 4 is 5.91 Å². The van der Waals surface area contributed by atoms with Gasteiger partial charge in [-0.2, -0.15) is 5.26 Å². The average Bonchev–Trinajstić information content (AvgIpc) is 2.09. The third-order valence-electron chi connectivity index (χ3n) is 2.76. The van der Waals surface area contributed by atoms with E-state index in [1.807, 2.05) is 11.8 Å².